The maximum atomic E-state index is 14.6. The fraction of sp³-hybridized carbons (Fsp3) is 0.435. The van der Waals surface area contributed by atoms with Gasteiger partial charge in [0.15, 0.2) is 12.4 Å². The maximum Gasteiger partial charge on any atom is 0.263 e. The number of fused-ring (bicyclic) bond motifs is 2. The van der Waals surface area contributed by atoms with E-state index in [2.05, 4.69) is 35.9 Å². The summed E-state index contributed by atoms with van der Waals surface area (Å²) in [5.41, 5.74) is 2.07. The summed E-state index contributed by atoms with van der Waals surface area (Å²) < 4.78 is 25.0. The lowest BCUT2D eigenvalue weighted by molar-refractivity contribution is -0.118. The molecule has 5 rings (SSSR count). The smallest absolute Gasteiger partial charge is 0.263 e. The highest BCUT2D eigenvalue weighted by Gasteiger charge is 2.29. The number of nitrogens with one attached hydrogen (secondary N) is 3. The molecule has 3 aromatic rings. The van der Waals surface area contributed by atoms with Crippen molar-refractivity contribution in [3.63, 3.8) is 0 Å². The van der Waals surface area contributed by atoms with Crippen LogP contribution in [0.1, 0.15) is 30.5 Å². The number of amides is 1. The first-order valence-corrected chi connectivity index (χ1v) is 11.4. The van der Waals surface area contributed by atoms with Gasteiger partial charge in [-0.15, -0.1) is 12.4 Å². The van der Waals surface area contributed by atoms with E-state index in [4.69, 9.17) is 9.47 Å². The van der Waals surface area contributed by atoms with E-state index in [1.54, 1.807) is 12.3 Å². The van der Waals surface area contributed by atoms with Gasteiger partial charge in [0.05, 0.1) is 36.8 Å². The Morgan fingerprint density at radius 1 is 1.19 bits per heavy atom. The first-order chi connectivity index (χ1) is 17.0. The summed E-state index contributed by atoms with van der Waals surface area (Å²) in [6.07, 6.45) is 4.54. The third-order valence-electron chi connectivity index (χ3n) is 6.27. The minimum absolute atomic E-state index is 0. The number of nitrogens with zero attached hydrogens (tertiary/aromatic N) is 4. The molecule has 3 heterocycles. The van der Waals surface area contributed by atoms with Crippen LogP contribution in [0.3, 0.4) is 0 Å². The first kappa shape index (κ1) is 25.9. The third kappa shape index (κ3) is 5.62. The van der Waals surface area contributed by atoms with Gasteiger partial charge in [-0.3, -0.25) is 4.79 Å². The van der Waals surface area contributed by atoms with Crippen molar-refractivity contribution < 1.29 is 23.8 Å². The molecule has 0 unspecified atom stereocenters. The molecule has 11 nitrogen and oxygen atoms in total. The van der Waals surface area contributed by atoms with Gasteiger partial charge in [0, 0.05) is 30.7 Å². The van der Waals surface area contributed by atoms with Crippen LogP contribution in [0.15, 0.2) is 24.5 Å². The molecular formula is C23H27ClFN7O4. The van der Waals surface area contributed by atoms with Crippen molar-refractivity contribution in [3.8, 4) is 11.8 Å². The van der Waals surface area contributed by atoms with Gasteiger partial charge < -0.3 is 30.5 Å². The average Bonchev–Trinajstić information content (AvgIpc) is 2.87. The van der Waals surface area contributed by atoms with Gasteiger partial charge >= 0.3 is 0 Å². The van der Waals surface area contributed by atoms with Crippen LogP contribution in [-0.2, 0) is 17.9 Å². The van der Waals surface area contributed by atoms with Gasteiger partial charge in [0.25, 0.3) is 11.8 Å². The van der Waals surface area contributed by atoms with E-state index in [0.29, 0.717) is 59.3 Å². The topological polar surface area (TPSA) is 143 Å². The SMILES string of the molecule is COc1cnc2ccc(F)c(CN[C@H]3CC[C@H](NCc4cnc5c(n4)NC(=O)CO5)C[C@H]3O)c2n1.Cl. The summed E-state index contributed by atoms with van der Waals surface area (Å²) in [6.45, 7) is 0.583. The Morgan fingerprint density at radius 2 is 2.06 bits per heavy atom. The fourth-order valence-corrected chi connectivity index (χ4v) is 4.40. The molecule has 1 aliphatic heterocycles. The molecule has 0 bridgehead atoms. The van der Waals surface area contributed by atoms with Crippen molar-refractivity contribution in [2.24, 2.45) is 0 Å². The van der Waals surface area contributed by atoms with E-state index >= 15 is 0 Å². The highest BCUT2D eigenvalue weighted by molar-refractivity contribution is 5.93. The first-order valence-electron chi connectivity index (χ1n) is 11.4. The van der Waals surface area contributed by atoms with E-state index in [1.165, 1.54) is 19.4 Å². The van der Waals surface area contributed by atoms with E-state index in [-0.39, 0.29) is 49.4 Å². The molecule has 36 heavy (non-hydrogen) atoms. The van der Waals surface area contributed by atoms with Crippen LogP contribution in [0, 0.1) is 5.82 Å². The molecule has 2 aromatic heterocycles. The summed E-state index contributed by atoms with van der Waals surface area (Å²) in [6, 6.07) is 2.85. The molecule has 1 saturated carbocycles. The number of aliphatic hydroxyl groups is 1. The van der Waals surface area contributed by atoms with E-state index in [9.17, 15) is 14.3 Å². The highest BCUT2D eigenvalue weighted by atomic mass is 35.5. The molecule has 13 heteroatoms. The zero-order valence-corrected chi connectivity index (χ0v) is 20.3. The van der Waals surface area contributed by atoms with Crippen molar-refractivity contribution in [1.29, 1.82) is 0 Å². The van der Waals surface area contributed by atoms with E-state index < -0.39 is 6.10 Å². The molecule has 192 valence electrons. The number of anilines is 1. The fourth-order valence-electron chi connectivity index (χ4n) is 4.40. The number of halogens is 2. The van der Waals surface area contributed by atoms with Gasteiger partial charge in [0.2, 0.25) is 5.88 Å². The summed E-state index contributed by atoms with van der Waals surface area (Å²) in [7, 11) is 1.49. The normalized spacial score (nSPS) is 21.2. The number of hydrogen-bond donors (Lipinski definition) is 4. The van der Waals surface area contributed by atoms with Crippen molar-refractivity contribution in [2.75, 3.05) is 19.0 Å². The van der Waals surface area contributed by atoms with Crippen LogP contribution in [0.2, 0.25) is 0 Å². The molecule has 3 atom stereocenters. The number of aromatic nitrogens is 4. The number of carbonyl (C=O) groups is 1. The second kappa shape index (κ2) is 11.2. The lowest BCUT2D eigenvalue weighted by Gasteiger charge is -2.34. The monoisotopic (exact) mass is 519 g/mol. The number of benzene rings is 1. The predicted molar refractivity (Wildman–Crippen MR) is 131 cm³/mol. The van der Waals surface area contributed by atoms with Crippen LogP contribution in [0.5, 0.6) is 11.8 Å². The predicted octanol–water partition coefficient (Wildman–Crippen LogP) is 1.48. The Morgan fingerprint density at radius 3 is 2.86 bits per heavy atom. The van der Waals surface area contributed by atoms with Crippen LogP contribution in [0.25, 0.3) is 11.0 Å². The zero-order chi connectivity index (χ0) is 24.4. The Kier molecular flexibility index (Phi) is 8.09. The molecule has 1 aromatic carbocycles. The standard InChI is InChI=1S/C23H26FN7O4.ClH/c1-34-20-10-27-17-5-3-15(24)14(21(17)31-20)9-26-16-4-2-12(6-18(16)32)25-7-13-8-28-23-22(29-13)30-19(33)11-35-23;/h3,5,8,10,12,16,18,25-26,32H,2,4,6-7,9,11H2,1H3,(H,29,30,33);1H/t12-,16-,18+;/m0./s1. The van der Waals surface area contributed by atoms with Crippen molar-refractivity contribution in [1.82, 2.24) is 30.6 Å². The number of methoxy groups -OCH3 is 1. The highest BCUT2D eigenvalue weighted by Crippen LogP contribution is 2.25. The van der Waals surface area contributed by atoms with Crippen LogP contribution >= 0.6 is 12.4 Å². The van der Waals surface area contributed by atoms with Crippen LogP contribution < -0.4 is 25.4 Å². The molecule has 1 aliphatic carbocycles. The van der Waals surface area contributed by atoms with Crippen molar-refractivity contribution in [2.45, 2.75) is 50.5 Å². The summed E-state index contributed by atoms with van der Waals surface area (Å²) in [5, 5.41) is 20.1. The number of ether oxygens (including phenoxy) is 2. The number of rotatable bonds is 7. The molecule has 0 saturated heterocycles. The van der Waals surface area contributed by atoms with Crippen LogP contribution in [-0.4, -0.2) is 62.9 Å². The molecule has 1 fully saturated rings. The Hall–Kier alpha value is -3.19. The lowest BCUT2D eigenvalue weighted by Crippen LogP contribution is -2.48. The summed E-state index contributed by atoms with van der Waals surface area (Å²) in [4.78, 5) is 28.7. The number of aliphatic hydroxyl groups excluding tert-OH is 1. The second-order valence-electron chi connectivity index (χ2n) is 8.60. The Bertz CT molecular complexity index is 1250. The van der Waals surface area contributed by atoms with Crippen LogP contribution in [0.4, 0.5) is 10.2 Å². The zero-order valence-electron chi connectivity index (χ0n) is 19.5. The molecule has 2 aliphatic rings. The average molecular weight is 520 g/mol. The molecule has 0 radical (unpaired) electrons. The van der Waals surface area contributed by atoms with Gasteiger partial charge in [0.1, 0.15) is 11.3 Å². The van der Waals surface area contributed by atoms with Crippen molar-refractivity contribution in [3.05, 3.63) is 41.6 Å². The quantitative estimate of drug-likeness (QED) is 0.362. The summed E-state index contributed by atoms with van der Waals surface area (Å²) in [5.74, 6) is 0.291. The van der Waals surface area contributed by atoms with Gasteiger partial charge in [-0.2, -0.15) is 0 Å². The minimum atomic E-state index is -0.609. The molecule has 1 amide bonds. The van der Waals surface area contributed by atoms with E-state index in [0.717, 1.165) is 6.42 Å². The van der Waals surface area contributed by atoms with Crippen molar-refractivity contribution >= 4 is 35.2 Å². The van der Waals surface area contributed by atoms with Gasteiger partial charge in [-0.25, -0.2) is 24.3 Å². The lowest BCUT2D eigenvalue weighted by atomic mass is 9.88. The second-order valence-corrected chi connectivity index (χ2v) is 8.60. The Balaban J connectivity index is 0.00000304. The maximum absolute atomic E-state index is 14.6. The molecule has 4 N–H and O–H groups in total. The Labute approximate surface area is 212 Å². The third-order valence-corrected chi connectivity index (χ3v) is 6.27. The molecule has 0 spiro atoms. The minimum Gasteiger partial charge on any atom is -0.480 e. The van der Waals surface area contributed by atoms with Gasteiger partial charge in [-0.05, 0) is 31.4 Å². The largest absolute Gasteiger partial charge is 0.480 e. The molecular weight excluding hydrogens is 493 g/mol. The number of hydrogen-bond acceptors (Lipinski definition) is 10. The van der Waals surface area contributed by atoms with Gasteiger partial charge in [-0.1, -0.05) is 0 Å². The van der Waals surface area contributed by atoms with E-state index in [1.807, 2.05) is 0 Å². The summed E-state index contributed by atoms with van der Waals surface area (Å²) >= 11 is 0. The number of carbonyl (C=O) groups excluding carboxylic acids is 1.